The molecule has 0 unspecified atom stereocenters. The molecule has 8 nitrogen and oxygen atoms in total. The van der Waals surface area contributed by atoms with E-state index in [2.05, 4.69) is 33.0 Å². The first-order chi connectivity index (χ1) is 17.6. The number of sulfonamides is 1. The van der Waals surface area contributed by atoms with Gasteiger partial charge in [0.1, 0.15) is 13.2 Å². The van der Waals surface area contributed by atoms with E-state index in [1.807, 2.05) is 19.9 Å². The number of methoxy groups -OCH3 is 1. The van der Waals surface area contributed by atoms with Crippen LogP contribution in [0.1, 0.15) is 16.7 Å². The van der Waals surface area contributed by atoms with Gasteiger partial charge >= 0.3 is 0 Å². The molecular weight excluding hydrogens is 558 g/mol. The molecule has 0 aromatic heterocycles. The van der Waals surface area contributed by atoms with Crippen molar-refractivity contribution in [1.29, 1.82) is 0 Å². The van der Waals surface area contributed by atoms with Crippen LogP contribution in [-0.2, 0) is 14.8 Å². The number of benzene rings is 3. The summed E-state index contributed by atoms with van der Waals surface area (Å²) < 4.78 is 39.7. The average molecular weight is 587 g/mol. The third-order valence-electron chi connectivity index (χ3n) is 5.11. The lowest BCUT2D eigenvalue weighted by molar-refractivity contribution is -0.119. The summed E-state index contributed by atoms with van der Waals surface area (Å²) in [7, 11) is -2.50. The van der Waals surface area contributed by atoms with Crippen molar-refractivity contribution in [2.45, 2.75) is 18.7 Å². The smallest absolute Gasteiger partial charge is 0.264 e. The maximum absolute atomic E-state index is 13.5. The van der Waals surface area contributed by atoms with Crippen molar-refractivity contribution < 1.29 is 22.7 Å². The average Bonchev–Trinajstić information content (AvgIpc) is 2.86. The van der Waals surface area contributed by atoms with E-state index in [4.69, 9.17) is 9.47 Å². The quantitative estimate of drug-likeness (QED) is 0.194. The van der Waals surface area contributed by atoms with E-state index in [0.717, 1.165) is 15.4 Å². The zero-order valence-electron chi connectivity index (χ0n) is 20.8. The highest BCUT2D eigenvalue weighted by Gasteiger charge is 2.27. The van der Waals surface area contributed by atoms with E-state index in [-0.39, 0.29) is 4.90 Å². The van der Waals surface area contributed by atoms with Crippen LogP contribution >= 0.6 is 15.9 Å². The Bertz CT molecular complexity index is 1390. The summed E-state index contributed by atoms with van der Waals surface area (Å²) in [6.07, 6.45) is 3.05. The molecule has 3 aromatic carbocycles. The molecule has 0 aliphatic heterocycles. The zero-order valence-corrected chi connectivity index (χ0v) is 23.2. The number of carbonyl (C=O) groups is 1. The Hall–Kier alpha value is -3.63. The summed E-state index contributed by atoms with van der Waals surface area (Å²) in [4.78, 5) is 12.9. The molecule has 0 spiro atoms. The van der Waals surface area contributed by atoms with Gasteiger partial charge in [0.2, 0.25) is 0 Å². The second-order valence-corrected chi connectivity index (χ2v) is 10.8. The lowest BCUT2D eigenvalue weighted by Crippen LogP contribution is -2.39. The van der Waals surface area contributed by atoms with Gasteiger partial charge in [-0.1, -0.05) is 36.9 Å². The molecule has 37 heavy (non-hydrogen) atoms. The molecule has 0 aliphatic rings. The van der Waals surface area contributed by atoms with Gasteiger partial charge in [0.15, 0.2) is 11.5 Å². The highest BCUT2D eigenvalue weighted by molar-refractivity contribution is 9.10. The fourth-order valence-electron chi connectivity index (χ4n) is 3.57. The molecule has 0 atom stereocenters. The van der Waals surface area contributed by atoms with Gasteiger partial charge < -0.3 is 9.47 Å². The van der Waals surface area contributed by atoms with Crippen LogP contribution in [0, 0.1) is 13.8 Å². The summed E-state index contributed by atoms with van der Waals surface area (Å²) in [6.45, 7) is 7.22. The number of hydrogen-bond donors (Lipinski definition) is 1. The molecule has 10 heteroatoms. The third-order valence-corrected chi connectivity index (χ3v) is 7.49. The van der Waals surface area contributed by atoms with Crippen LogP contribution in [0.4, 0.5) is 5.69 Å². The minimum absolute atomic E-state index is 0.0844. The minimum atomic E-state index is -4.01. The molecule has 3 rings (SSSR count). The maximum Gasteiger partial charge on any atom is 0.264 e. The Balaban J connectivity index is 1.83. The first kappa shape index (κ1) is 27.9. The highest BCUT2D eigenvalue weighted by atomic mass is 79.9. The number of hydrazone groups is 1. The summed E-state index contributed by atoms with van der Waals surface area (Å²) >= 11 is 3.44. The number of amides is 1. The largest absolute Gasteiger partial charge is 0.493 e. The van der Waals surface area contributed by atoms with Gasteiger partial charge in [0, 0.05) is 0 Å². The number of anilines is 1. The van der Waals surface area contributed by atoms with Crippen molar-refractivity contribution >= 4 is 43.8 Å². The number of rotatable bonds is 11. The Morgan fingerprint density at radius 2 is 1.78 bits per heavy atom. The number of aryl methyl sites for hydroxylation is 2. The molecule has 0 saturated heterocycles. The molecule has 0 heterocycles. The second kappa shape index (κ2) is 12.6. The van der Waals surface area contributed by atoms with E-state index >= 15 is 0 Å². The molecule has 0 aliphatic carbocycles. The molecule has 0 radical (unpaired) electrons. The monoisotopic (exact) mass is 585 g/mol. The van der Waals surface area contributed by atoms with Gasteiger partial charge in [0.05, 0.1) is 28.4 Å². The number of hydrogen-bond acceptors (Lipinski definition) is 6. The van der Waals surface area contributed by atoms with E-state index in [1.54, 1.807) is 48.5 Å². The fraction of sp³-hybridized carbons (Fsp3) is 0.185. The highest BCUT2D eigenvalue weighted by Crippen LogP contribution is 2.36. The number of ether oxygens (including phenoxy) is 2. The standard InChI is InChI=1S/C27H28BrN3O5S/c1-5-11-36-27-24(28)15-21(16-25(27)35-4)17-29-30-26(32)18-31(22-13-19(2)12-20(3)14-22)37(33,34)23-9-7-6-8-10-23/h5-10,12-17H,1,11,18H2,2-4H3,(H,30,32)/b29-17-. The molecule has 1 N–H and O–H groups in total. The van der Waals surface area contributed by atoms with Gasteiger partial charge in [0.25, 0.3) is 15.9 Å². The van der Waals surface area contributed by atoms with E-state index in [0.29, 0.717) is 33.8 Å². The molecule has 0 saturated carbocycles. The summed E-state index contributed by atoms with van der Waals surface area (Å²) in [5.74, 6) is 0.379. The van der Waals surface area contributed by atoms with Crippen LogP contribution in [0.3, 0.4) is 0 Å². The van der Waals surface area contributed by atoms with Crippen LogP contribution in [0.2, 0.25) is 0 Å². The first-order valence-corrected chi connectivity index (χ1v) is 13.5. The Labute approximate surface area is 225 Å². The van der Waals surface area contributed by atoms with Crippen molar-refractivity contribution in [3.05, 3.63) is 94.5 Å². The molecule has 3 aromatic rings. The molecule has 1 amide bonds. The predicted octanol–water partition coefficient (Wildman–Crippen LogP) is 4.98. The van der Waals surface area contributed by atoms with Crippen LogP contribution in [0.15, 0.2) is 87.8 Å². The van der Waals surface area contributed by atoms with Crippen LogP contribution in [0.25, 0.3) is 0 Å². The van der Waals surface area contributed by atoms with Crippen molar-refractivity contribution in [1.82, 2.24) is 5.43 Å². The number of halogens is 1. The fourth-order valence-corrected chi connectivity index (χ4v) is 5.57. The third kappa shape index (κ3) is 7.21. The van der Waals surface area contributed by atoms with E-state index in [1.165, 1.54) is 25.5 Å². The number of carbonyl (C=O) groups excluding carboxylic acids is 1. The van der Waals surface area contributed by atoms with Crippen molar-refractivity contribution in [3.63, 3.8) is 0 Å². The first-order valence-electron chi connectivity index (χ1n) is 11.2. The van der Waals surface area contributed by atoms with Crippen molar-refractivity contribution in [3.8, 4) is 11.5 Å². The van der Waals surface area contributed by atoms with Gasteiger partial charge in [-0.2, -0.15) is 5.10 Å². The van der Waals surface area contributed by atoms with Crippen LogP contribution in [-0.4, -0.2) is 40.8 Å². The normalized spacial score (nSPS) is 11.2. The number of nitrogens with zero attached hydrogens (tertiary/aromatic N) is 2. The van der Waals surface area contributed by atoms with Gasteiger partial charge in [-0.3, -0.25) is 9.10 Å². The Kier molecular flexibility index (Phi) is 9.48. The summed E-state index contributed by atoms with van der Waals surface area (Å²) in [5.41, 5.74) is 5.18. The van der Waals surface area contributed by atoms with E-state index < -0.39 is 22.5 Å². The molecule has 0 fully saturated rings. The molecule has 0 bridgehead atoms. The van der Waals surface area contributed by atoms with Gasteiger partial charge in [-0.15, -0.1) is 0 Å². The van der Waals surface area contributed by atoms with Crippen molar-refractivity contribution in [2.75, 3.05) is 24.6 Å². The topological polar surface area (TPSA) is 97.3 Å². The van der Waals surface area contributed by atoms with Gasteiger partial charge in [-0.25, -0.2) is 13.8 Å². The maximum atomic E-state index is 13.5. The van der Waals surface area contributed by atoms with Gasteiger partial charge in [-0.05, 0) is 82.9 Å². The SMILES string of the molecule is C=CCOc1c(Br)cc(/C=N\NC(=O)CN(c2cc(C)cc(C)c2)S(=O)(=O)c2ccccc2)cc1OC. The zero-order chi connectivity index (χ0) is 27.0. The molecule has 194 valence electrons. The van der Waals surface area contributed by atoms with Crippen LogP contribution < -0.4 is 19.2 Å². The summed E-state index contributed by atoms with van der Waals surface area (Å²) in [5, 5.41) is 4.01. The predicted molar refractivity (Wildman–Crippen MR) is 149 cm³/mol. The molecular formula is C27H28BrN3O5S. The van der Waals surface area contributed by atoms with Crippen molar-refractivity contribution in [2.24, 2.45) is 5.10 Å². The minimum Gasteiger partial charge on any atom is -0.493 e. The van der Waals surface area contributed by atoms with E-state index in [9.17, 15) is 13.2 Å². The summed E-state index contributed by atoms with van der Waals surface area (Å²) in [6, 6.07) is 16.8. The second-order valence-electron chi connectivity index (χ2n) is 8.10. The Morgan fingerprint density at radius 1 is 1.11 bits per heavy atom. The van der Waals surface area contributed by atoms with Crippen LogP contribution in [0.5, 0.6) is 11.5 Å². The number of nitrogens with one attached hydrogen (secondary N) is 1. The lowest BCUT2D eigenvalue weighted by Gasteiger charge is -2.24. The lowest BCUT2D eigenvalue weighted by atomic mass is 10.1. The Morgan fingerprint density at radius 3 is 2.41 bits per heavy atom.